The maximum Gasteiger partial charge on any atom is 0.261 e. The molecule has 3 rings (SSSR count). The van der Waals surface area contributed by atoms with E-state index >= 15 is 0 Å². The van der Waals surface area contributed by atoms with Crippen molar-refractivity contribution in [2.24, 2.45) is 0 Å². The molecule has 1 aromatic heterocycles. The first-order chi connectivity index (χ1) is 14.8. The first-order valence-corrected chi connectivity index (χ1v) is 10.6. The Balaban J connectivity index is 1.74. The summed E-state index contributed by atoms with van der Waals surface area (Å²) < 4.78 is 32.6. The van der Waals surface area contributed by atoms with Crippen LogP contribution >= 0.6 is 0 Å². The molecule has 0 aliphatic carbocycles. The molecule has 0 unspecified atom stereocenters. The highest BCUT2D eigenvalue weighted by Crippen LogP contribution is 2.28. The third-order valence-electron chi connectivity index (χ3n) is 4.13. The Kier molecular flexibility index (Phi) is 6.51. The van der Waals surface area contributed by atoms with Crippen molar-refractivity contribution in [3.63, 3.8) is 0 Å². The molecule has 9 nitrogen and oxygen atoms in total. The minimum absolute atomic E-state index is 0.0123. The van der Waals surface area contributed by atoms with Gasteiger partial charge in [0, 0.05) is 30.6 Å². The van der Waals surface area contributed by atoms with Crippen molar-refractivity contribution in [2.45, 2.75) is 11.8 Å². The van der Waals surface area contributed by atoms with Crippen LogP contribution in [0.3, 0.4) is 0 Å². The second kappa shape index (κ2) is 9.26. The molecule has 0 aliphatic heterocycles. The van der Waals surface area contributed by atoms with E-state index < -0.39 is 15.9 Å². The van der Waals surface area contributed by atoms with Crippen LogP contribution < -0.4 is 20.1 Å². The van der Waals surface area contributed by atoms with E-state index in [1.165, 1.54) is 62.8 Å². The summed E-state index contributed by atoms with van der Waals surface area (Å²) in [5, 5.41) is 5.33. The summed E-state index contributed by atoms with van der Waals surface area (Å²) in [7, 11) is -2.33. The molecule has 1 heterocycles. The van der Waals surface area contributed by atoms with Crippen LogP contribution in [0.2, 0.25) is 0 Å². The van der Waals surface area contributed by atoms with Crippen LogP contribution in [-0.2, 0) is 14.8 Å². The van der Waals surface area contributed by atoms with E-state index in [9.17, 15) is 18.0 Å². The van der Waals surface area contributed by atoms with Crippen LogP contribution in [0.15, 0.2) is 71.9 Å². The van der Waals surface area contributed by atoms with Crippen LogP contribution in [0.5, 0.6) is 5.75 Å². The summed E-state index contributed by atoms with van der Waals surface area (Å²) in [6, 6.07) is 13.4. The summed E-state index contributed by atoms with van der Waals surface area (Å²) >= 11 is 0. The van der Waals surface area contributed by atoms with E-state index in [0.717, 1.165) is 0 Å². The summed E-state index contributed by atoms with van der Waals surface area (Å²) in [6.45, 7) is 1.36. The van der Waals surface area contributed by atoms with Gasteiger partial charge in [-0.1, -0.05) is 0 Å². The highest BCUT2D eigenvalue weighted by molar-refractivity contribution is 7.92. The van der Waals surface area contributed by atoms with Gasteiger partial charge in [0.1, 0.15) is 5.75 Å². The molecule has 3 aromatic rings. The number of carbonyl (C=O) groups is 2. The molecule has 0 aliphatic rings. The topological polar surface area (TPSA) is 126 Å². The third kappa shape index (κ3) is 5.58. The average Bonchev–Trinajstić information content (AvgIpc) is 2.74. The fraction of sp³-hybridized carbons (Fsp3) is 0.0952. The summed E-state index contributed by atoms with van der Waals surface area (Å²) in [6.07, 6.45) is 2.95. The smallest absolute Gasteiger partial charge is 0.261 e. The minimum Gasteiger partial charge on any atom is -0.495 e. The Hall–Kier alpha value is -3.92. The monoisotopic (exact) mass is 440 g/mol. The second-order valence-corrected chi connectivity index (χ2v) is 8.10. The van der Waals surface area contributed by atoms with Gasteiger partial charge in [0.25, 0.3) is 15.9 Å². The van der Waals surface area contributed by atoms with Gasteiger partial charge in [-0.2, -0.15) is 0 Å². The summed E-state index contributed by atoms with van der Waals surface area (Å²) in [4.78, 5) is 27.8. The lowest BCUT2D eigenvalue weighted by atomic mass is 10.2. The number of hydrogen-bond acceptors (Lipinski definition) is 6. The maximum absolute atomic E-state index is 12.6. The molecule has 31 heavy (non-hydrogen) atoms. The zero-order valence-corrected chi connectivity index (χ0v) is 17.6. The first kappa shape index (κ1) is 21.8. The SMILES string of the molecule is COc1ccc(NC(=O)c2ccc(S(=O)(=O)Nc3ccncc3)cc2)cc1NC(C)=O. The zero-order chi connectivity index (χ0) is 22.4. The average molecular weight is 440 g/mol. The molecule has 2 amide bonds. The number of methoxy groups -OCH3 is 1. The van der Waals surface area contributed by atoms with Crippen molar-refractivity contribution in [3.05, 3.63) is 72.6 Å². The Morgan fingerprint density at radius 3 is 2.19 bits per heavy atom. The van der Waals surface area contributed by atoms with Crippen molar-refractivity contribution in [1.29, 1.82) is 0 Å². The Morgan fingerprint density at radius 2 is 1.58 bits per heavy atom. The number of nitrogens with zero attached hydrogens (tertiary/aromatic N) is 1. The van der Waals surface area contributed by atoms with Crippen molar-refractivity contribution < 1.29 is 22.7 Å². The molecule has 0 saturated heterocycles. The van der Waals surface area contributed by atoms with Gasteiger partial charge < -0.3 is 15.4 Å². The molecular weight excluding hydrogens is 420 g/mol. The van der Waals surface area contributed by atoms with Crippen LogP contribution in [0.4, 0.5) is 17.1 Å². The number of rotatable bonds is 7. The molecule has 160 valence electrons. The van der Waals surface area contributed by atoms with Gasteiger partial charge in [-0.25, -0.2) is 8.42 Å². The lowest BCUT2D eigenvalue weighted by Crippen LogP contribution is -2.15. The number of carbonyl (C=O) groups excluding carboxylic acids is 2. The number of ether oxygens (including phenoxy) is 1. The molecule has 0 bridgehead atoms. The van der Waals surface area contributed by atoms with Gasteiger partial charge >= 0.3 is 0 Å². The van der Waals surface area contributed by atoms with Crippen LogP contribution in [0, 0.1) is 0 Å². The quantitative estimate of drug-likeness (QED) is 0.518. The lowest BCUT2D eigenvalue weighted by Gasteiger charge is -2.12. The number of sulfonamides is 1. The number of benzene rings is 2. The second-order valence-electron chi connectivity index (χ2n) is 6.42. The third-order valence-corrected chi connectivity index (χ3v) is 5.52. The minimum atomic E-state index is -3.80. The van der Waals surface area contributed by atoms with Crippen LogP contribution in [0.25, 0.3) is 0 Å². The van der Waals surface area contributed by atoms with Gasteiger partial charge in [-0.3, -0.25) is 19.3 Å². The fourth-order valence-corrected chi connectivity index (χ4v) is 3.75. The van der Waals surface area contributed by atoms with E-state index in [1.807, 2.05) is 0 Å². The molecule has 0 fully saturated rings. The van der Waals surface area contributed by atoms with Gasteiger partial charge in [-0.05, 0) is 54.6 Å². The molecular formula is C21H20N4O5S. The molecule has 0 atom stereocenters. The fourth-order valence-electron chi connectivity index (χ4n) is 2.70. The van der Waals surface area contributed by atoms with E-state index in [1.54, 1.807) is 18.2 Å². The van der Waals surface area contributed by atoms with Crippen molar-refractivity contribution in [3.8, 4) is 5.75 Å². The van der Waals surface area contributed by atoms with Gasteiger partial charge in [-0.15, -0.1) is 0 Å². The van der Waals surface area contributed by atoms with Gasteiger partial charge in [0.2, 0.25) is 5.91 Å². The highest BCUT2D eigenvalue weighted by Gasteiger charge is 2.16. The predicted octanol–water partition coefficient (Wildman–Crippen LogP) is 3.10. The summed E-state index contributed by atoms with van der Waals surface area (Å²) in [5.74, 6) is -0.270. The normalized spacial score (nSPS) is 10.8. The number of nitrogens with one attached hydrogen (secondary N) is 3. The largest absolute Gasteiger partial charge is 0.495 e. The molecule has 0 radical (unpaired) electrons. The molecule has 10 heteroatoms. The number of pyridine rings is 1. The molecule has 2 aromatic carbocycles. The molecule has 0 saturated carbocycles. The maximum atomic E-state index is 12.6. The number of anilines is 3. The van der Waals surface area contributed by atoms with Crippen molar-refractivity contribution in [2.75, 3.05) is 22.5 Å². The van der Waals surface area contributed by atoms with Gasteiger partial charge in [0.05, 0.1) is 23.4 Å². The summed E-state index contributed by atoms with van der Waals surface area (Å²) in [5.41, 5.74) is 1.49. The Labute approximate surface area is 179 Å². The first-order valence-electron chi connectivity index (χ1n) is 9.08. The molecule has 3 N–H and O–H groups in total. The molecule has 0 spiro atoms. The Bertz CT molecular complexity index is 1200. The van der Waals surface area contributed by atoms with Crippen LogP contribution in [-0.4, -0.2) is 32.3 Å². The van der Waals surface area contributed by atoms with E-state index in [2.05, 4.69) is 20.3 Å². The van der Waals surface area contributed by atoms with Gasteiger partial charge in [0.15, 0.2) is 0 Å². The van der Waals surface area contributed by atoms with Crippen molar-refractivity contribution >= 4 is 38.9 Å². The van der Waals surface area contributed by atoms with E-state index in [-0.39, 0.29) is 16.4 Å². The number of amides is 2. The van der Waals surface area contributed by atoms with Crippen molar-refractivity contribution in [1.82, 2.24) is 4.98 Å². The number of hydrogen-bond donors (Lipinski definition) is 3. The van der Waals surface area contributed by atoms with E-state index in [0.29, 0.717) is 22.8 Å². The zero-order valence-electron chi connectivity index (χ0n) is 16.7. The van der Waals surface area contributed by atoms with E-state index in [4.69, 9.17) is 4.74 Å². The Morgan fingerprint density at radius 1 is 0.903 bits per heavy atom. The number of aromatic nitrogens is 1. The highest BCUT2D eigenvalue weighted by atomic mass is 32.2. The lowest BCUT2D eigenvalue weighted by molar-refractivity contribution is -0.114. The standard InChI is InChI=1S/C21H20N4O5S/c1-14(26)23-19-13-17(5-8-20(19)30-2)24-21(27)15-3-6-18(7-4-15)31(28,29)25-16-9-11-22-12-10-16/h3-13H,1-2H3,(H,22,25)(H,23,26)(H,24,27). The van der Waals surface area contributed by atoms with Crippen LogP contribution in [0.1, 0.15) is 17.3 Å². The predicted molar refractivity (Wildman–Crippen MR) is 117 cm³/mol.